The molecule has 0 bridgehead atoms. The number of hydrogen-bond donors (Lipinski definition) is 2. The Morgan fingerprint density at radius 3 is 3.00 bits per heavy atom. The number of methoxy groups -OCH3 is 1. The highest BCUT2D eigenvalue weighted by Gasteiger charge is 2.26. The van der Waals surface area contributed by atoms with Crippen LogP contribution < -0.4 is 10.6 Å². The zero-order valence-electron chi connectivity index (χ0n) is 7.89. The Labute approximate surface area is 74.2 Å². The van der Waals surface area contributed by atoms with E-state index in [9.17, 15) is 0 Å². The molecule has 1 heterocycles. The van der Waals surface area contributed by atoms with Crippen LogP contribution in [0.5, 0.6) is 0 Å². The van der Waals surface area contributed by atoms with Crippen molar-refractivity contribution in [1.82, 2.24) is 10.6 Å². The second-order valence-electron chi connectivity index (χ2n) is 3.13. The van der Waals surface area contributed by atoms with E-state index in [0.717, 1.165) is 25.2 Å². The topological polar surface area (TPSA) is 33.3 Å². The van der Waals surface area contributed by atoms with Crippen molar-refractivity contribution in [2.45, 2.75) is 25.5 Å². The van der Waals surface area contributed by atoms with Gasteiger partial charge in [0.05, 0.1) is 6.10 Å². The van der Waals surface area contributed by atoms with Crippen molar-refractivity contribution in [2.75, 3.05) is 20.2 Å². The Bertz CT molecular complexity index is 159. The molecule has 3 heteroatoms. The van der Waals surface area contributed by atoms with E-state index >= 15 is 0 Å². The molecule has 2 N–H and O–H groups in total. The molecule has 0 aromatic heterocycles. The van der Waals surface area contributed by atoms with Gasteiger partial charge >= 0.3 is 0 Å². The highest BCUT2D eigenvalue weighted by atomic mass is 16.5. The quantitative estimate of drug-likeness (QED) is 0.644. The van der Waals surface area contributed by atoms with E-state index in [1.165, 1.54) is 0 Å². The fraction of sp³-hybridized carbons (Fsp3) is 0.778. The Kier molecular flexibility index (Phi) is 3.56. The van der Waals surface area contributed by atoms with E-state index < -0.39 is 0 Å². The van der Waals surface area contributed by atoms with E-state index in [4.69, 9.17) is 4.74 Å². The summed E-state index contributed by atoms with van der Waals surface area (Å²) < 4.78 is 5.24. The summed E-state index contributed by atoms with van der Waals surface area (Å²) in [7, 11) is 1.73. The first-order valence-electron chi connectivity index (χ1n) is 4.46. The Hall–Kier alpha value is -0.540. The van der Waals surface area contributed by atoms with Gasteiger partial charge in [-0.3, -0.25) is 0 Å². The fourth-order valence-corrected chi connectivity index (χ4v) is 1.51. The molecule has 0 aromatic rings. The van der Waals surface area contributed by atoms with Crippen molar-refractivity contribution in [3.63, 3.8) is 0 Å². The van der Waals surface area contributed by atoms with Gasteiger partial charge in [-0.1, -0.05) is 13.5 Å². The van der Waals surface area contributed by atoms with Gasteiger partial charge in [-0.25, -0.2) is 0 Å². The maximum absolute atomic E-state index is 5.24. The normalized spacial score (nSPS) is 29.0. The van der Waals surface area contributed by atoms with E-state index in [2.05, 4.69) is 24.1 Å². The van der Waals surface area contributed by atoms with Crippen LogP contribution in [0.1, 0.15) is 13.3 Å². The van der Waals surface area contributed by atoms with Gasteiger partial charge in [0.25, 0.3) is 0 Å². The van der Waals surface area contributed by atoms with Crippen molar-refractivity contribution >= 4 is 0 Å². The lowest BCUT2D eigenvalue weighted by Crippen LogP contribution is -2.33. The SMILES string of the molecule is C=C1N[C@@H](CNCC)C[C@@H]1OC. The second kappa shape index (κ2) is 4.48. The maximum atomic E-state index is 5.24. The Balaban J connectivity index is 2.28. The van der Waals surface area contributed by atoms with E-state index in [-0.39, 0.29) is 6.10 Å². The van der Waals surface area contributed by atoms with Gasteiger partial charge in [-0.15, -0.1) is 0 Å². The zero-order chi connectivity index (χ0) is 8.97. The largest absolute Gasteiger partial charge is 0.383 e. The lowest BCUT2D eigenvalue weighted by Gasteiger charge is -2.09. The molecule has 1 rings (SSSR count). The molecule has 2 atom stereocenters. The van der Waals surface area contributed by atoms with Gasteiger partial charge in [0, 0.05) is 31.8 Å². The van der Waals surface area contributed by atoms with Crippen LogP contribution in [0.3, 0.4) is 0 Å². The summed E-state index contributed by atoms with van der Waals surface area (Å²) >= 11 is 0. The number of rotatable bonds is 4. The summed E-state index contributed by atoms with van der Waals surface area (Å²) in [6.07, 6.45) is 1.23. The number of likely N-dealkylation sites (N-methyl/N-ethyl adjacent to an activating group) is 1. The Morgan fingerprint density at radius 1 is 1.75 bits per heavy atom. The third-order valence-corrected chi connectivity index (χ3v) is 2.20. The van der Waals surface area contributed by atoms with Gasteiger partial charge in [0.2, 0.25) is 0 Å². The number of ether oxygens (including phenoxy) is 1. The molecule has 0 radical (unpaired) electrons. The summed E-state index contributed by atoms with van der Waals surface area (Å²) in [5.74, 6) is 0. The summed E-state index contributed by atoms with van der Waals surface area (Å²) in [4.78, 5) is 0. The summed E-state index contributed by atoms with van der Waals surface area (Å²) in [6.45, 7) is 8.02. The van der Waals surface area contributed by atoms with Gasteiger partial charge in [0.15, 0.2) is 0 Å². The predicted octanol–water partition coefficient (Wildman–Crippen LogP) is 0.486. The first-order chi connectivity index (χ1) is 5.77. The fourth-order valence-electron chi connectivity index (χ4n) is 1.51. The maximum Gasteiger partial charge on any atom is 0.0979 e. The van der Waals surface area contributed by atoms with E-state index in [1.807, 2.05) is 0 Å². The minimum absolute atomic E-state index is 0.202. The number of nitrogens with one attached hydrogen (secondary N) is 2. The lowest BCUT2D eigenvalue weighted by molar-refractivity contribution is 0.134. The molecule has 1 aliphatic rings. The molecule has 1 saturated heterocycles. The van der Waals surface area contributed by atoms with Crippen LogP contribution in [-0.4, -0.2) is 32.3 Å². The molecule has 12 heavy (non-hydrogen) atoms. The van der Waals surface area contributed by atoms with Crippen LogP contribution in [-0.2, 0) is 4.74 Å². The van der Waals surface area contributed by atoms with Crippen LogP contribution in [0, 0.1) is 0 Å². The second-order valence-corrected chi connectivity index (χ2v) is 3.13. The van der Waals surface area contributed by atoms with Crippen LogP contribution in [0.25, 0.3) is 0 Å². The van der Waals surface area contributed by atoms with Crippen molar-refractivity contribution in [3.05, 3.63) is 12.3 Å². The highest BCUT2D eigenvalue weighted by molar-refractivity contribution is 5.09. The summed E-state index contributed by atoms with van der Waals surface area (Å²) in [5, 5.41) is 6.60. The third kappa shape index (κ3) is 2.22. The molecule has 1 aliphatic heterocycles. The average Bonchev–Trinajstić information content (AvgIpc) is 2.43. The van der Waals surface area contributed by atoms with E-state index in [1.54, 1.807) is 7.11 Å². The molecule has 3 nitrogen and oxygen atoms in total. The smallest absolute Gasteiger partial charge is 0.0979 e. The molecular weight excluding hydrogens is 152 g/mol. The van der Waals surface area contributed by atoms with Gasteiger partial charge in [-0.2, -0.15) is 0 Å². The predicted molar refractivity (Wildman–Crippen MR) is 50.0 cm³/mol. The van der Waals surface area contributed by atoms with Crippen LogP contribution in [0.15, 0.2) is 12.3 Å². The van der Waals surface area contributed by atoms with Crippen LogP contribution in [0.4, 0.5) is 0 Å². The van der Waals surface area contributed by atoms with Crippen LogP contribution >= 0.6 is 0 Å². The molecule has 0 spiro atoms. The van der Waals surface area contributed by atoms with Gasteiger partial charge < -0.3 is 15.4 Å². The molecular formula is C9H18N2O. The molecule has 70 valence electrons. The molecule has 0 unspecified atom stereocenters. The van der Waals surface area contributed by atoms with Crippen LogP contribution in [0.2, 0.25) is 0 Å². The average molecular weight is 170 g/mol. The Morgan fingerprint density at radius 2 is 2.50 bits per heavy atom. The van der Waals surface area contributed by atoms with E-state index in [0.29, 0.717) is 6.04 Å². The first kappa shape index (κ1) is 9.55. The molecule has 0 amide bonds. The minimum Gasteiger partial charge on any atom is -0.383 e. The standard InChI is InChI=1S/C9H18N2O/c1-4-10-6-8-5-9(12-3)7(2)11-8/h8-11H,2,4-6H2,1,3H3/t8-,9+/m1/s1. The van der Waals surface area contributed by atoms with Crippen molar-refractivity contribution < 1.29 is 4.74 Å². The highest BCUT2D eigenvalue weighted by Crippen LogP contribution is 2.16. The molecule has 0 aliphatic carbocycles. The summed E-state index contributed by atoms with van der Waals surface area (Å²) in [5.41, 5.74) is 1.01. The molecule has 0 saturated carbocycles. The number of hydrogen-bond acceptors (Lipinski definition) is 3. The lowest BCUT2D eigenvalue weighted by atomic mass is 10.2. The monoisotopic (exact) mass is 170 g/mol. The summed E-state index contributed by atoms with van der Waals surface area (Å²) in [6, 6.07) is 0.488. The minimum atomic E-state index is 0.202. The van der Waals surface area contributed by atoms with Crippen molar-refractivity contribution in [3.8, 4) is 0 Å². The third-order valence-electron chi connectivity index (χ3n) is 2.20. The first-order valence-corrected chi connectivity index (χ1v) is 4.46. The molecule has 0 aromatic carbocycles. The van der Waals surface area contributed by atoms with Gasteiger partial charge in [-0.05, 0) is 6.54 Å². The molecule has 1 fully saturated rings. The zero-order valence-corrected chi connectivity index (χ0v) is 7.89. The van der Waals surface area contributed by atoms with Gasteiger partial charge in [0.1, 0.15) is 0 Å². The van der Waals surface area contributed by atoms with Crippen molar-refractivity contribution in [2.24, 2.45) is 0 Å². The van der Waals surface area contributed by atoms with Crippen molar-refractivity contribution in [1.29, 1.82) is 0 Å².